The third-order valence-electron chi connectivity index (χ3n) is 4.98. The second-order valence-electron chi connectivity index (χ2n) is 6.60. The molecule has 148 valence electrons. The van der Waals surface area contributed by atoms with Crippen LogP contribution < -0.4 is 15.0 Å². The summed E-state index contributed by atoms with van der Waals surface area (Å²) in [6, 6.07) is 5.58. The lowest BCUT2D eigenvalue weighted by molar-refractivity contribution is -0.131. The van der Waals surface area contributed by atoms with Gasteiger partial charge in [-0.2, -0.15) is 0 Å². The van der Waals surface area contributed by atoms with Gasteiger partial charge in [-0.1, -0.05) is 11.6 Å². The maximum Gasteiger partial charge on any atom is 0.242 e. The molecule has 26 heavy (non-hydrogen) atoms. The predicted molar refractivity (Wildman–Crippen MR) is 112 cm³/mol. The molecule has 0 saturated carbocycles. The van der Waals surface area contributed by atoms with Gasteiger partial charge in [0.05, 0.1) is 18.8 Å². The van der Waals surface area contributed by atoms with Crippen LogP contribution in [0.15, 0.2) is 18.2 Å². The summed E-state index contributed by atoms with van der Waals surface area (Å²) in [7, 11) is 1.99. The van der Waals surface area contributed by atoms with E-state index in [-0.39, 0.29) is 30.7 Å². The Morgan fingerprint density at radius 2 is 2.00 bits per heavy atom. The summed E-state index contributed by atoms with van der Waals surface area (Å²) in [5.41, 5.74) is 0.922. The highest BCUT2D eigenvalue weighted by atomic mass is 35.5. The van der Waals surface area contributed by atoms with Gasteiger partial charge in [0.15, 0.2) is 0 Å². The number of rotatable bonds is 5. The van der Waals surface area contributed by atoms with E-state index in [9.17, 15) is 4.79 Å². The number of benzene rings is 1. The number of halogens is 3. The summed E-state index contributed by atoms with van der Waals surface area (Å²) in [5, 5.41) is 3.88. The summed E-state index contributed by atoms with van der Waals surface area (Å²) in [6.45, 7) is 4.54. The standard InChI is InChI=1S/C18H26ClN3O2.2ClH/c1-20-7-4-14-5-8-21(9-6-14)18(23)13-22-10-11-24-17-3-2-15(19)12-16(17)22;;/h2-3,12,14,20H,4-11,13H2,1H3;2*1H. The maximum atomic E-state index is 12.7. The van der Waals surface area contributed by atoms with Gasteiger partial charge >= 0.3 is 0 Å². The third-order valence-corrected chi connectivity index (χ3v) is 5.21. The first kappa shape index (κ1) is 23.2. The van der Waals surface area contributed by atoms with Crippen LogP contribution in [0.5, 0.6) is 5.75 Å². The van der Waals surface area contributed by atoms with E-state index in [0.717, 1.165) is 56.4 Å². The van der Waals surface area contributed by atoms with Crippen molar-refractivity contribution in [3.63, 3.8) is 0 Å². The molecule has 0 unspecified atom stereocenters. The number of hydrogen-bond donors (Lipinski definition) is 1. The molecule has 3 rings (SSSR count). The predicted octanol–water partition coefficient (Wildman–Crippen LogP) is 3.23. The topological polar surface area (TPSA) is 44.8 Å². The molecule has 1 fully saturated rings. The fourth-order valence-electron chi connectivity index (χ4n) is 3.49. The minimum Gasteiger partial charge on any atom is -0.490 e. The fourth-order valence-corrected chi connectivity index (χ4v) is 3.66. The largest absolute Gasteiger partial charge is 0.490 e. The van der Waals surface area contributed by atoms with Crippen molar-refractivity contribution in [3.05, 3.63) is 23.2 Å². The number of carbonyl (C=O) groups excluding carboxylic acids is 1. The Kier molecular flexibility index (Phi) is 9.86. The van der Waals surface area contributed by atoms with Gasteiger partial charge in [0, 0.05) is 18.1 Å². The molecular weight excluding hydrogens is 397 g/mol. The Balaban J connectivity index is 0.00000169. The molecule has 0 aromatic heterocycles. The minimum absolute atomic E-state index is 0. The number of fused-ring (bicyclic) bond motifs is 1. The molecule has 0 aliphatic carbocycles. The Labute approximate surface area is 173 Å². The highest BCUT2D eigenvalue weighted by Crippen LogP contribution is 2.34. The number of nitrogens with one attached hydrogen (secondary N) is 1. The van der Waals surface area contributed by atoms with Crippen molar-refractivity contribution in [2.45, 2.75) is 19.3 Å². The van der Waals surface area contributed by atoms with Crippen LogP contribution in [0.25, 0.3) is 0 Å². The Morgan fingerprint density at radius 3 is 2.69 bits per heavy atom. The normalized spacial score (nSPS) is 16.8. The second-order valence-corrected chi connectivity index (χ2v) is 7.03. The van der Waals surface area contributed by atoms with E-state index < -0.39 is 0 Å². The smallest absolute Gasteiger partial charge is 0.242 e. The summed E-state index contributed by atoms with van der Waals surface area (Å²) < 4.78 is 5.66. The number of ether oxygens (including phenoxy) is 1. The van der Waals surface area contributed by atoms with Gasteiger partial charge in [0.25, 0.3) is 0 Å². The molecule has 2 aliphatic heterocycles. The zero-order valence-corrected chi connectivity index (χ0v) is 17.5. The van der Waals surface area contributed by atoms with E-state index in [4.69, 9.17) is 16.3 Å². The summed E-state index contributed by atoms with van der Waals surface area (Å²) in [4.78, 5) is 16.8. The monoisotopic (exact) mass is 423 g/mol. The average Bonchev–Trinajstić information content (AvgIpc) is 2.61. The van der Waals surface area contributed by atoms with Crippen LogP contribution in [-0.4, -0.2) is 57.2 Å². The molecule has 8 heteroatoms. The van der Waals surface area contributed by atoms with Crippen molar-refractivity contribution >= 4 is 48.0 Å². The lowest BCUT2D eigenvalue weighted by atomic mass is 9.93. The second kappa shape index (κ2) is 11.1. The zero-order valence-electron chi connectivity index (χ0n) is 15.1. The van der Waals surface area contributed by atoms with Gasteiger partial charge in [-0.15, -0.1) is 24.8 Å². The molecule has 1 aromatic carbocycles. The van der Waals surface area contributed by atoms with Gasteiger partial charge in [0.1, 0.15) is 12.4 Å². The van der Waals surface area contributed by atoms with Crippen molar-refractivity contribution in [2.24, 2.45) is 5.92 Å². The summed E-state index contributed by atoms with van der Waals surface area (Å²) in [5.74, 6) is 1.75. The number of piperidine rings is 1. The van der Waals surface area contributed by atoms with Crippen LogP contribution in [0.1, 0.15) is 19.3 Å². The molecule has 2 heterocycles. The maximum absolute atomic E-state index is 12.7. The van der Waals surface area contributed by atoms with E-state index >= 15 is 0 Å². The molecule has 0 spiro atoms. The molecule has 1 saturated heterocycles. The summed E-state index contributed by atoms with van der Waals surface area (Å²) in [6.07, 6.45) is 3.42. The summed E-state index contributed by atoms with van der Waals surface area (Å²) >= 11 is 6.10. The van der Waals surface area contributed by atoms with Gasteiger partial charge < -0.3 is 19.9 Å². The molecule has 2 aliphatic rings. The molecule has 0 atom stereocenters. The fraction of sp³-hybridized carbons (Fsp3) is 0.611. The van der Waals surface area contributed by atoms with Gasteiger partial charge in [-0.05, 0) is 57.0 Å². The van der Waals surface area contributed by atoms with E-state index in [2.05, 4.69) is 10.2 Å². The lowest BCUT2D eigenvalue weighted by Gasteiger charge is -2.35. The number of hydrogen-bond acceptors (Lipinski definition) is 4. The van der Waals surface area contributed by atoms with E-state index in [1.807, 2.05) is 30.1 Å². The Hall–Kier alpha value is -0.880. The number of likely N-dealkylation sites (tertiary alicyclic amines) is 1. The first-order valence-electron chi connectivity index (χ1n) is 8.77. The van der Waals surface area contributed by atoms with Crippen LogP contribution in [-0.2, 0) is 4.79 Å². The van der Waals surface area contributed by atoms with Crippen molar-refractivity contribution in [2.75, 3.05) is 51.3 Å². The third kappa shape index (κ3) is 5.81. The zero-order chi connectivity index (χ0) is 16.9. The first-order chi connectivity index (χ1) is 11.7. The van der Waals surface area contributed by atoms with E-state index in [1.165, 1.54) is 6.42 Å². The number of carbonyl (C=O) groups is 1. The van der Waals surface area contributed by atoms with Crippen LogP contribution in [0, 0.1) is 5.92 Å². The van der Waals surface area contributed by atoms with Crippen molar-refractivity contribution in [1.82, 2.24) is 10.2 Å². The Bertz CT molecular complexity index is 581. The average molecular weight is 425 g/mol. The van der Waals surface area contributed by atoms with Crippen LogP contribution in [0.2, 0.25) is 5.02 Å². The van der Waals surface area contributed by atoms with Gasteiger partial charge in [-0.3, -0.25) is 4.79 Å². The lowest BCUT2D eigenvalue weighted by Crippen LogP contribution is -2.46. The van der Waals surface area contributed by atoms with Crippen LogP contribution >= 0.6 is 36.4 Å². The van der Waals surface area contributed by atoms with Gasteiger partial charge in [0.2, 0.25) is 5.91 Å². The van der Waals surface area contributed by atoms with E-state index in [1.54, 1.807) is 0 Å². The molecule has 1 aromatic rings. The molecule has 1 N–H and O–H groups in total. The molecule has 1 amide bonds. The number of nitrogens with zero attached hydrogens (tertiary/aromatic N) is 2. The Morgan fingerprint density at radius 1 is 1.27 bits per heavy atom. The highest BCUT2D eigenvalue weighted by molar-refractivity contribution is 6.31. The SMILES string of the molecule is CNCCC1CCN(C(=O)CN2CCOc3ccc(Cl)cc32)CC1.Cl.Cl. The van der Waals surface area contributed by atoms with E-state index in [0.29, 0.717) is 18.2 Å². The quantitative estimate of drug-likeness (QED) is 0.788. The minimum atomic E-state index is 0. The van der Waals surface area contributed by atoms with Crippen molar-refractivity contribution < 1.29 is 9.53 Å². The van der Waals surface area contributed by atoms with Crippen LogP contribution in [0.4, 0.5) is 5.69 Å². The first-order valence-corrected chi connectivity index (χ1v) is 9.15. The number of anilines is 1. The molecule has 5 nitrogen and oxygen atoms in total. The molecule has 0 radical (unpaired) electrons. The molecule has 0 bridgehead atoms. The van der Waals surface area contributed by atoms with Gasteiger partial charge in [-0.25, -0.2) is 0 Å². The van der Waals surface area contributed by atoms with Crippen molar-refractivity contribution in [1.29, 1.82) is 0 Å². The molecular formula is C18H28Cl3N3O2. The van der Waals surface area contributed by atoms with Crippen LogP contribution in [0.3, 0.4) is 0 Å². The number of amides is 1. The van der Waals surface area contributed by atoms with Crippen molar-refractivity contribution in [3.8, 4) is 5.75 Å². The highest BCUT2D eigenvalue weighted by Gasteiger charge is 2.26.